The minimum atomic E-state index is -1.08. The Morgan fingerprint density at radius 2 is 2.00 bits per heavy atom. The van der Waals surface area contributed by atoms with Gasteiger partial charge in [-0.3, -0.25) is 4.98 Å². The molecule has 2 rings (SSSR count). The Balaban J connectivity index is 2.39. The van der Waals surface area contributed by atoms with E-state index in [1.54, 1.807) is 32.4 Å². The van der Waals surface area contributed by atoms with Gasteiger partial charge in [0, 0.05) is 18.0 Å². The van der Waals surface area contributed by atoms with E-state index in [0.29, 0.717) is 11.4 Å². The van der Waals surface area contributed by atoms with Gasteiger partial charge in [-0.25, -0.2) is 4.79 Å². The van der Waals surface area contributed by atoms with Gasteiger partial charge in [0.25, 0.3) is 0 Å². The van der Waals surface area contributed by atoms with Gasteiger partial charge in [0.1, 0.15) is 5.75 Å². The Kier molecular flexibility index (Phi) is 4.42. The number of nitrogens with zero attached hydrogens (tertiary/aromatic N) is 1. The van der Waals surface area contributed by atoms with Crippen molar-refractivity contribution in [3.63, 3.8) is 0 Å². The smallest absolute Gasteiger partial charge is 0.337 e. The van der Waals surface area contributed by atoms with Crippen LogP contribution in [-0.4, -0.2) is 25.2 Å². The molecule has 0 aliphatic rings. The van der Waals surface area contributed by atoms with E-state index in [1.807, 2.05) is 30.3 Å². The zero-order valence-corrected chi connectivity index (χ0v) is 12.3. The molecule has 0 radical (unpaired) electrons. The molecule has 0 amide bonds. The third-order valence-corrected chi connectivity index (χ3v) is 3.23. The number of ether oxygens (including phenoxy) is 2. The van der Waals surface area contributed by atoms with E-state index in [1.165, 1.54) is 7.11 Å². The van der Waals surface area contributed by atoms with Crippen LogP contribution in [0.5, 0.6) is 5.75 Å². The highest BCUT2D eigenvalue weighted by atomic mass is 16.5. The number of anilines is 1. The van der Waals surface area contributed by atoms with Crippen LogP contribution in [-0.2, 0) is 15.1 Å². The van der Waals surface area contributed by atoms with Crippen LogP contribution in [0.1, 0.15) is 12.6 Å². The van der Waals surface area contributed by atoms with Gasteiger partial charge >= 0.3 is 5.97 Å². The predicted octanol–water partition coefficient (Wildman–Crippen LogP) is 2.59. The number of carbonyl (C=O) groups excluding carboxylic acids is 1. The normalized spacial score (nSPS) is 13.1. The van der Waals surface area contributed by atoms with Crippen molar-refractivity contribution in [3.05, 3.63) is 54.4 Å². The molecule has 0 aliphatic heterocycles. The Morgan fingerprint density at radius 3 is 2.62 bits per heavy atom. The minimum absolute atomic E-state index is 0.413. The van der Waals surface area contributed by atoms with E-state index in [0.717, 1.165) is 5.69 Å². The summed E-state index contributed by atoms with van der Waals surface area (Å²) in [5.74, 6) is 0.289. The predicted molar refractivity (Wildman–Crippen MR) is 80.2 cm³/mol. The molecule has 0 fully saturated rings. The van der Waals surface area contributed by atoms with Gasteiger partial charge in [0.05, 0.1) is 19.9 Å². The highest BCUT2D eigenvalue weighted by Gasteiger charge is 2.37. The van der Waals surface area contributed by atoms with Crippen LogP contribution in [0.25, 0.3) is 0 Å². The number of methoxy groups -OCH3 is 2. The van der Waals surface area contributed by atoms with Crippen LogP contribution in [0.3, 0.4) is 0 Å². The fraction of sp³-hybridized carbons (Fsp3) is 0.250. The van der Waals surface area contributed by atoms with Crippen molar-refractivity contribution in [3.8, 4) is 5.75 Å². The summed E-state index contributed by atoms with van der Waals surface area (Å²) in [6.45, 7) is 1.74. The van der Waals surface area contributed by atoms with Gasteiger partial charge in [-0.05, 0) is 31.2 Å². The summed E-state index contributed by atoms with van der Waals surface area (Å²) in [7, 11) is 2.95. The topological polar surface area (TPSA) is 60.5 Å². The first-order valence-electron chi connectivity index (χ1n) is 6.52. The lowest BCUT2D eigenvalue weighted by Crippen LogP contribution is -2.42. The second-order valence-electron chi connectivity index (χ2n) is 4.69. The Morgan fingerprint density at radius 1 is 1.19 bits per heavy atom. The molecule has 1 aromatic carbocycles. The quantitative estimate of drug-likeness (QED) is 0.856. The second kappa shape index (κ2) is 6.26. The summed E-state index contributed by atoms with van der Waals surface area (Å²) in [6, 6.07) is 12.8. The molecule has 0 aliphatic carbocycles. The van der Waals surface area contributed by atoms with E-state index in [9.17, 15) is 4.79 Å². The monoisotopic (exact) mass is 286 g/mol. The molecular formula is C16H18N2O3. The van der Waals surface area contributed by atoms with Crippen LogP contribution in [0.15, 0.2) is 48.7 Å². The average molecular weight is 286 g/mol. The van der Waals surface area contributed by atoms with Crippen LogP contribution >= 0.6 is 0 Å². The fourth-order valence-corrected chi connectivity index (χ4v) is 2.07. The van der Waals surface area contributed by atoms with Crippen LogP contribution in [0.2, 0.25) is 0 Å². The Bertz CT molecular complexity index is 616. The maximum atomic E-state index is 12.2. The van der Waals surface area contributed by atoms with Gasteiger partial charge in [0.15, 0.2) is 5.54 Å². The third-order valence-electron chi connectivity index (χ3n) is 3.23. The third kappa shape index (κ3) is 3.13. The number of benzene rings is 1. The van der Waals surface area contributed by atoms with Gasteiger partial charge < -0.3 is 14.8 Å². The summed E-state index contributed by atoms with van der Waals surface area (Å²) in [5, 5.41) is 3.18. The summed E-state index contributed by atoms with van der Waals surface area (Å²) < 4.78 is 10.1. The summed E-state index contributed by atoms with van der Waals surface area (Å²) in [4.78, 5) is 16.5. The van der Waals surface area contributed by atoms with Gasteiger partial charge in [-0.15, -0.1) is 0 Å². The maximum Gasteiger partial charge on any atom is 0.337 e. The molecule has 5 heteroatoms. The van der Waals surface area contributed by atoms with Crippen molar-refractivity contribution in [2.45, 2.75) is 12.5 Å². The molecule has 1 atom stereocenters. The first kappa shape index (κ1) is 14.8. The van der Waals surface area contributed by atoms with Crippen LogP contribution in [0, 0.1) is 0 Å². The summed E-state index contributed by atoms with van der Waals surface area (Å²) in [6.07, 6.45) is 1.64. The Hall–Kier alpha value is -2.56. The lowest BCUT2D eigenvalue weighted by molar-refractivity contribution is -0.145. The molecule has 2 aromatic rings. The molecular weight excluding hydrogens is 268 g/mol. The van der Waals surface area contributed by atoms with Crippen molar-refractivity contribution >= 4 is 11.7 Å². The molecule has 1 heterocycles. The number of aromatic nitrogens is 1. The molecule has 110 valence electrons. The lowest BCUT2D eigenvalue weighted by atomic mass is 9.96. The van der Waals surface area contributed by atoms with E-state index in [4.69, 9.17) is 9.47 Å². The maximum absolute atomic E-state index is 12.2. The van der Waals surface area contributed by atoms with Crippen molar-refractivity contribution in [2.24, 2.45) is 0 Å². The number of pyridine rings is 1. The van der Waals surface area contributed by atoms with E-state index < -0.39 is 11.5 Å². The first-order chi connectivity index (χ1) is 10.1. The SMILES string of the molecule is COC(=O)C(C)(Nc1cccc(OC)c1)c1ccccn1. The number of nitrogens with one attached hydrogen (secondary N) is 1. The zero-order valence-electron chi connectivity index (χ0n) is 12.3. The lowest BCUT2D eigenvalue weighted by Gasteiger charge is -2.28. The highest BCUT2D eigenvalue weighted by Crippen LogP contribution is 2.27. The molecule has 0 bridgehead atoms. The van der Waals surface area contributed by atoms with E-state index in [2.05, 4.69) is 10.3 Å². The molecule has 0 saturated carbocycles. The molecule has 0 spiro atoms. The molecule has 5 nitrogen and oxygen atoms in total. The molecule has 1 aromatic heterocycles. The zero-order chi connectivity index (χ0) is 15.3. The van der Waals surface area contributed by atoms with Crippen molar-refractivity contribution < 1.29 is 14.3 Å². The number of carbonyl (C=O) groups is 1. The van der Waals surface area contributed by atoms with E-state index in [-0.39, 0.29) is 0 Å². The Labute approximate surface area is 123 Å². The summed E-state index contributed by atoms with van der Waals surface area (Å²) >= 11 is 0. The van der Waals surface area contributed by atoms with Gasteiger partial charge in [-0.1, -0.05) is 12.1 Å². The number of rotatable bonds is 5. The minimum Gasteiger partial charge on any atom is -0.497 e. The second-order valence-corrected chi connectivity index (χ2v) is 4.69. The molecule has 21 heavy (non-hydrogen) atoms. The average Bonchev–Trinajstić information content (AvgIpc) is 2.54. The van der Waals surface area contributed by atoms with Crippen molar-refractivity contribution in [1.29, 1.82) is 0 Å². The van der Waals surface area contributed by atoms with E-state index >= 15 is 0 Å². The van der Waals surface area contributed by atoms with Crippen LogP contribution in [0.4, 0.5) is 5.69 Å². The standard InChI is InChI=1S/C16H18N2O3/c1-16(15(19)21-3,14-9-4-5-10-17-14)18-12-7-6-8-13(11-12)20-2/h4-11,18H,1-3H3. The van der Waals surface area contributed by atoms with Gasteiger partial charge in [0.2, 0.25) is 0 Å². The van der Waals surface area contributed by atoms with Crippen molar-refractivity contribution in [2.75, 3.05) is 19.5 Å². The number of hydrogen-bond donors (Lipinski definition) is 1. The van der Waals surface area contributed by atoms with Crippen LogP contribution < -0.4 is 10.1 Å². The molecule has 1 N–H and O–H groups in total. The molecule has 1 unspecified atom stereocenters. The largest absolute Gasteiger partial charge is 0.497 e. The van der Waals surface area contributed by atoms with Crippen molar-refractivity contribution in [1.82, 2.24) is 4.98 Å². The number of esters is 1. The first-order valence-corrected chi connectivity index (χ1v) is 6.52. The van der Waals surface area contributed by atoms with Gasteiger partial charge in [-0.2, -0.15) is 0 Å². The fourth-order valence-electron chi connectivity index (χ4n) is 2.07. The highest BCUT2D eigenvalue weighted by molar-refractivity contribution is 5.85. The summed E-state index contributed by atoms with van der Waals surface area (Å²) in [5.41, 5.74) is 0.245. The molecule has 0 saturated heterocycles. The number of hydrogen-bond acceptors (Lipinski definition) is 5.